The van der Waals surface area contributed by atoms with E-state index < -0.39 is 0 Å². The highest BCUT2D eigenvalue weighted by atomic mass is 19.1. The Morgan fingerprint density at radius 1 is 1.32 bits per heavy atom. The molecular weight excluding hydrogens is 243 g/mol. The minimum Gasteiger partial charge on any atom is -0.348 e. The first kappa shape index (κ1) is 14.0. The average Bonchev–Trinajstić information content (AvgIpc) is 2.55. The predicted octanol–water partition coefficient (Wildman–Crippen LogP) is 2.52. The molecule has 4 heteroatoms. The largest absolute Gasteiger partial charge is 0.348 e. The molecule has 2 atom stereocenters. The van der Waals surface area contributed by atoms with E-state index in [1.54, 1.807) is 6.92 Å². The summed E-state index contributed by atoms with van der Waals surface area (Å²) in [6, 6.07) is 4.27. The van der Waals surface area contributed by atoms with Gasteiger partial charge in [0.2, 0.25) is 0 Å². The highest BCUT2D eigenvalue weighted by molar-refractivity contribution is 5.95. The van der Waals surface area contributed by atoms with E-state index in [1.807, 2.05) is 0 Å². The first-order valence-corrected chi connectivity index (χ1v) is 6.90. The van der Waals surface area contributed by atoms with Crippen LogP contribution in [0.25, 0.3) is 0 Å². The van der Waals surface area contributed by atoms with Crippen LogP contribution in [0.4, 0.5) is 4.39 Å². The van der Waals surface area contributed by atoms with Gasteiger partial charge in [-0.2, -0.15) is 0 Å². The number of aryl methyl sites for hydroxylation is 1. The van der Waals surface area contributed by atoms with Gasteiger partial charge in [-0.1, -0.05) is 19.3 Å². The molecule has 3 nitrogen and oxygen atoms in total. The second kappa shape index (κ2) is 6.15. The van der Waals surface area contributed by atoms with Gasteiger partial charge in [-0.25, -0.2) is 4.39 Å². The van der Waals surface area contributed by atoms with E-state index in [-0.39, 0.29) is 23.8 Å². The Morgan fingerprint density at radius 2 is 2.05 bits per heavy atom. The van der Waals surface area contributed by atoms with Crippen molar-refractivity contribution in [2.75, 3.05) is 0 Å². The third-order valence-electron chi connectivity index (χ3n) is 3.82. The lowest BCUT2D eigenvalue weighted by Crippen LogP contribution is -2.47. The summed E-state index contributed by atoms with van der Waals surface area (Å²) in [6.07, 6.45) is 5.28. The number of rotatable bonds is 2. The molecule has 1 amide bonds. The van der Waals surface area contributed by atoms with Crippen molar-refractivity contribution in [2.45, 2.75) is 51.1 Å². The zero-order valence-corrected chi connectivity index (χ0v) is 11.3. The summed E-state index contributed by atoms with van der Waals surface area (Å²) in [6.45, 7) is 1.74. The Bertz CT molecular complexity index is 461. The van der Waals surface area contributed by atoms with Crippen molar-refractivity contribution in [1.82, 2.24) is 5.32 Å². The highest BCUT2D eigenvalue weighted by Gasteiger charge is 2.23. The Hall–Kier alpha value is -1.42. The van der Waals surface area contributed by atoms with Gasteiger partial charge < -0.3 is 11.1 Å². The molecule has 1 saturated carbocycles. The number of halogens is 1. The molecule has 2 rings (SSSR count). The lowest BCUT2D eigenvalue weighted by Gasteiger charge is -2.23. The summed E-state index contributed by atoms with van der Waals surface area (Å²) in [5.41, 5.74) is 7.27. The maximum absolute atomic E-state index is 13.0. The van der Waals surface area contributed by atoms with Gasteiger partial charge in [-0.05, 0) is 43.5 Å². The molecule has 2 unspecified atom stereocenters. The van der Waals surface area contributed by atoms with Gasteiger partial charge in [0.05, 0.1) is 0 Å². The summed E-state index contributed by atoms with van der Waals surface area (Å²) in [5, 5.41) is 3.00. The van der Waals surface area contributed by atoms with Gasteiger partial charge in [-0.15, -0.1) is 0 Å². The van der Waals surface area contributed by atoms with Gasteiger partial charge in [0.1, 0.15) is 5.82 Å². The van der Waals surface area contributed by atoms with Gasteiger partial charge in [0, 0.05) is 17.6 Å². The lowest BCUT2D eigenvalue weighted by atomic mass is 10.0. The number of nitrogens with one attached hydrogen (secondary N) is 1. The standard InChI is InChI=1S/C15H21FN2O/c1-10-9-11(16)7-8-12(10)15(19)18-14-6-4-2-3-5-13(14)17/h7-9,13-14H,2-6,17H2,1H3,(H,18,19). The molecule has 1 aliphatic carbocycles. The molecule has 19 heavy (non-hydrogen) atoms. The number of carbonyl (C=O) groups is 1. The van der Waals surface area contributed by atoms with Crippen LogP contribution >= 0.6 is 0 Å². The van der Waals surface area contributed by atoms with E-state index in [9.17, 15) is 9.18 Å². The molecule has 0 aliphatic heterocycles. The van der Waals surface area contributed by atoms with Crippen molar-refractivity contribution >= 4 is 5.91 Å². The van der Waals surface area contributed by atoms with E-state index in [0.717, 1.165) is 25.7 Å². The van der Waals surface area contributed by atoms with Crippen molar-refractivity contribution in [2.24, 2.45) is 5.73 Å². The second-order valence-corrected chi connectivity index (χ2v) is 5.34. The quantitative estimate of drug-likeness (QED) is 0.806. The third kappa shape index (κ3) is 3.53. The molecule has 0 aromatic heterocycles. The number of hydrogen-bond donors (Lipinski definition) is 2. The zero-order chi connectivity index (χ0) is 13.8. The first-order chi connectivity index (χ1) is 9.08. The van der Waals surface area contributed by atoms with Crippen LogP contribution in [0.3, 0.4) is 0 Å². The molecule has 0 spiro atoms. The summed E-state index contributed by atoms with van der Waals surface area (Å²) < 4.78 is 13.0. The predicted molar refractivity (Wildman–Crippen MR) is 73.5 cm³/mol. The van der Waals surface area contributed by atoms with E-state index in [0.29, 0.717) is 11.1 Å². The van der Waals surface area contributed by atoms with Crippen LogP contribution in [0.2, 0.25) is 0 Å². The second-order valence-electron chi connectivity index (χ2n) is 5.34. The van der Waals surface area contributed by atoms with Crippen molar-refractivity contribution in [3.63, 3.8) is 0 Å². The van der Waals surface area contributed by atoms with Crippen molar-refractivity contribution in [3.05, 3.63) is 35.1 Å². The van der Waals surface area contributed by atoms with Crippen LogP contribution in [0.5, 0.6) is 0 Å². The Kier molecular flexibility index (Phi) is 4.53. The summed E-state index contributed by atoms with van der Waals surface area (Å²) in [7, 11) is 0. The smallest absolute Gasteiger partial charge is 0.251 e. The van der Waals surface area contributed by atoms with E-state index in [2.05, 4.69) is 5.32 Å². The summed E-state index contributed by atoms with van der Waals surface area (Å²) in [4.78, 5) is 12.2. The molecule has 1 fully saturated rings. The van der Waals surface area contributed by atoms with Crippen LogP contribution in [-0.2, 0) is 0 Å². The Morgan fingerprint density at radius 3 is 2.79 bits per heavy atom. The number of nitrogens with two attached hydrogens (primary N) is 1. The molecule has 0 bridgehead atoms. The van der Waals surface area contributed by atoms with E-state index >= 15 is 0 Å². The fourth-order valence-corrected chi connectivity index (χ4v) is 2.64. The van der Waals surface area contributed by atoms with Crippen LogP contribution < -0.4 is 11.1 Å². The first-order valence-electron chi connectivity index (χ1n) is 6.90. The van der Waals surface area contributed by atoms with Gasteiger partial charge in [0.25, 0.3) is 5.91 Å². The van der Waals surface area contributed by atoms with Gasteiger partial charge >= 0.3 is 0 Å². The lowest BCUT2D eigenvalue weighted by molar-refractivity contribution is 0.0928. The topological polar surface area (TPSA) is 55.1 Å². The number of carbonyl (C=O) groups excluding carboxylic acids is 1. The minimum atomic E-state index is -0.319. The fraction of sp³-hybridized carbons (Fsp3) is 0.533. The van der Waals surface area contributed by atoms with Crippen LogP contribution in [0, 0.1) is 12.7 Å². The maximum Gasteiger partial charge on any atom is 0.251 e. The molecule has 0 heterocycles. The normalized spacial score (nSPS) is 23.7. The summed E-state index contributed by atoms with van der Waals surface area (Å²) in [5.74, 6) is -0.472. The zero-order valence-electron chi connectivity index (χ0n) is 11.3. The molecule has 3 N–H and O–H groups in total. The van der Waals surface area contributed by atoms with Crippen LogP contribution in [0.1, 0.15) is 48.0 Å². The molecule has 1 aromatic rings. The van der Waals surface area contributed by atoms with Crippen molar-refractivity contribution < 1.29 is 9.18 Å². The highest BCUT2D eigenvalue weighted by Crippen LogP contribution is 2.18. The number of benzene rings is 1. The average molecular weight is 264 g/mol. The van der Waals surface area contributed by atoms with E-state index in [1.165, 1.54) is 24.6 Å². The number of hydrogen-bond acceptors (Lipinski definition) is 2. The molecule has 104 valence electrons. The van der Waals surface area contributed by atoms with Gasteiger partial charge in [0.15, 0.2) is 0 Å². The van der Waals surface area contributed by atoms with Crippen LogP contribution in [0.15, 0.2) is 18.2 Å². The summed E-state index contributed by atoms with van der Waals surface area (Å²) >= 11 is 0. The van der Waals surface area contributed by atoms with Gasteiger partial charge in [-0.3, -0.25) is 4.79 Å². The molecular formula is C15H21FN2O. The SMILES string of the molecule is Cc1cc(F)ccc1C(=O)NC1CCCCCC1N. The Balaban J connectivity index is 2.07. The Labute approximate surface area is 113 Å². The molecule has 0 saturated heterocycles. The monoisotopic (exact) mass is 264 g/mol. The molecule has 1 aliphatic rings. The molecule has 0 radical (unpaired) electrons. The van der Waals surface area contributed by atoms with E-state index in [4.69, 9.17) is 5.73 Å². The van der Waals surface area contributed by atoms with Crippen molar-refractivity contribution in [3.8, 4) is 0 Å². The number of amides is 1. The maximum atomic E-state index is 13.0. The van der Waals surface area contributed by atoms with Crippen LogP contribution in [-0.4, -0.2) is 18.0 Å². The van der Waals surface area contributed by atoms with Crippen molar-refractivity contribution in [1.29, 1.82) is 0 Å². The fourth-order valence-electron chi connectivity index (χ4n) is 2.64. The molecule has 1 aromatic carbocycles. The minimum absolute atomic E-state index is 0.0206. The third-order valence-corrected chi connectivity index (χ3v) is 3.82.